The van der Waals surface area contributed by atoms with Crippen LogP contribution >= 0.6 is 35.6 Å². The summed E-state index contributed by atoms with van der Waals surface area (Å²) in [6.07, 6.45) is 4.22. The molecule has 1 aromatic carbocycles. The summed E-state index contributed by atoms with van der Waals surface area (Å²) in [4.78, 5) is 6.57. The number of likely N-dealkylation sites (N-methyl/N-ethyl adjacent to an activating group) is 1. The molecule has 140 valence electrons. The van der Waals surface area contributed by atoms with Gasteiger partial charge in [-0.15, -0.1) is 24.0 Å². The lowest BCUT2D eigenvalue weighted by Gasteiger charge is -2.28. The highest BCUT2D eigenvalue weighted by atomic mass is 127. The van der Waals surface area contributed by atoms with E-state index in [0.29, 0.717) is 18.2 Å². The van der Waals surface area contributed by atoms with Crippen molar-refractivity contribution in [2.75, 3.05) is 27.7 Å². The Labute approximate surface area is 172 Å². The minimum absolute atomic E-state index is 0. The van der Waals surface area contributed by atoms with Crippen molar-refractivity contribution in [2.24, 2.45) is 4.99 Å². The molecule has 0 radical (unpaired) electrons. The third-order valence-electron chi connectivity index (χ3n) is 4.99. The quantitative estimate of drug-likeness (QED) is 0.388. The number of guanidine groups is 1. The zero-order valence-electron chi connectivity index (χ0n) is 15.0. The summed E-state index contributed by atoms with van der Waals surface area (Å²) in [5.74, 6) is 0.844. The maximum absolute atomic E-state index is 6.00. The third-order valence-corrected chi connectivity index (χ3v) is 5.24. The molecule has 0 aliphatic carbocycles. The summed E-state index contributed by atoms with van der Waals surface area (Å²) < 4.78 is 5.91. The van der Waals surface area contributed by atoms with Crippen molar-refractivity contribution in [3.8, 4) is 0 Å². The predicted octanol–water partition coefficient (Wildman–Crippen LogP) is 3.05. The number of nitrogens with zero attached hydrogens (tertiary/aromatic N) is 2. The zero-order chi connectivity index (χ0) is 17.1. The first kappa shape index (κ1) is 20.7. The van der Waals surface area contributed by atoms with Gasteiger partial charge in [-0.25, -0.2) is 0 Å². The van der Waals surface area contributed by atoms with Crippen LogP contribution in [-0.2, 0) is 4.74 Å². The Morgan fingerprint density at radius 3 is 2.56 bits per heavy atom. The van der Waals surface area contributed by atoms with E-state index >= 15 is 0 Å². The number of benzene rings is 1. The summed E-state index contributed by atoms with van der Waals surface area (Å²) in [6, 6.07) is 8.66. The first-order valence-electron chi connectivity index (χ1n) is 8.61. The van der Waals surface area contributed by atoms with Gasteiger partial charge in [0.25, 0.3) is 0 Å². The number of ether oxygens (including phenoxy) is 1. The summed E-state index contributed by atoms with van der Waals surface area (Å²) in [5.41, 5.74) is 1.23. The van der Waals surface area contributed by atoms with Crippen molar-refractivity contribution >= 4 is 41.5 Å². The average Bonchev–Trinajstić information content (AvgIpc) is 3.18. The maximum Gasteiger partial charge on any atom is 0.191 e. The van der Waals surface area contributed by atoms with E-state index in [9.17, 15) is 0 Å². The van der Waals surface area contributed by atoms with Crippen molar-refractivity contribution in [2.45, 2.75) is 43.6 Å². The van der Waals surface area contributed by atoms with Crippen molar-refractivity contribution in [1.29, 1.82) is 0 Å². The molecule has 0 saturated carbocycles. The molecule has 2 saturated heterocycles. The molecule has 2 aliphatic rings. The third kappa shape index (κ3) is 5.21. The lowest BCUT2D eigenvalue weighted by Crippen LogP contribution is -2.49. The predicted molar refractivity (Wildman–Crippen MR) is 114 cm³/mol. The van der Waals surface area contributed by atoms with Crippen LogP contribution in [0.25, 0.3) is 0 Å². The van der Waals surface area contributed by atoms with E-state index in [2.05, 4.69) is 46.8 Å². The molecule has 0 amide bonds. The lowest BCUT2D eigenvalue weighted by molar-refractivity contribution is 0.0992. The van der Waals surface area contributed by atoms with E-state index < -0.39 is 0 Å². The molecule has 0 spiro atoms. The van der Waals surface area contributed by atoms with E-state index in [1.165, 1.54) is 12.0 Å². The van der Waals surface area contributed by atoms with Gasteiger partial charge in [-0.3, -0.25) is 4.99 Å². The molecule has 5 nitrogen and oxygen atoms in total. The fourth-order valence-corrected chi connectivity index (χ4v) is 3.76. The van der Waals surface area contributed by atoms with Gasteiger partial charge in [0.05, 0.1) is 24.3 Å². The van der Waals surface area contributed by atoms with Crippen LogP contribution in [0.4, 0.5) is 0 Å². The Kier molecular flexibility index (Phi) is 7.79. The summed E-state index contributed by atoms with van der Waals surface area (Å²) in [5, 5.41) is 7.75. The first-order chi connectivity index (χ1) is 11.6. The maximum atomic E-state index is 6.00. The van der Waals surface area contributed by atoms with Crippen molar-refractivity contribution < 1.29 is 4.74 Å². The van der Waals surface area contributed by atoms with Crippen LogP contribution < -0.4 is 10.6 Å². The van der Waals surface area contributed by atoms with Gasteiger partial charge in [0.1, 0.15) is 0 Å². The van der Waals surface area contributed by atoms with Crippen LogP contribution in [0.5, 0.6) is 0 Å². The molecule has 3 rings (SSSR count). The highest BCUT2D eigenvalue weighted by Crippen LogP contribution is 2.34. The molecule has 4 atom stereocenters. The molecule has 25 heavy (non-hydrogen) atoms. The number of halogens is 2. The van der Waals surface area contributed by atoms with Crippen LogP contribution in [0.15, 0.2) is 29.3 Å². The Morgan fingerprint density at radius 1 is 1.32 bits per heavy atom. The van der Waals surface area contributed by atoms with E-state index in [1.54, 1.807) is 0 Å². The van der Waals surface area contributed by atoms with Crippen LogP contribution in [-0.4, -0.2) is 56.8 Å². The Bertz CT molecular complexity index is 581. The number of rotatable bonds is 5. The van der Waals surface area contributed by atoms with Gasteiger partial charge in [0, 0.05) is 18.6 Å². The van der Waals surface area contributed by atoms with Gasteiger partial charge in [0.15, 0.2) is 5.96 Å². The second-order valence-electron chi connectivity index (χ2n) is 6.84. The smallest absolute Gasteiger partial charge is 0.191 e. The zero-order valence-corrected chi connectivity index (χ0v) is 18.1. The largest absolute Gasteiger partial charge is 0.373 e. The number of nitrogens with one attached hydrogen (secondary N) is 2. The molecule has 1 aromatic rings. The molecule has 2 aliphatic heterocycles. The number of fused-ring (bicyclic) bond motifs is 2. The highest BCUT2D eigenvalue weighted by Gasteiger charge is 2.41. The van der Waals surface area contributed by atoms with Gasteiger partial charge in [-0.2, -0.15) is 0 Å². The lowest BCUT2D eigenvalue weighted by atomic mass is 9.96. The van der Waals surface area contributed by atoms with E-state index in [0.717, 1.165) is 30.4 Å². The molecule has 0 aromatic heterocycles. The molecular weight excluding hydrogens is 451 g/mol. The van der Waals surface area contributed by atoms with Gasteiger partial charge in [0.2, 0.25) is 0 Å². The SMILES string of the molecule is CN=C(NCC(c1ccc(Cl)cc1)N(C)C)NC1CC2CCC1O2.I. The fraction of sp³-hybridized carbons (Fsp3) is 0.611. The topological polar surface area (TPSA) is 48.9 Å². The molecule has 2 heterocycles. The van der Waals surface area contributed by atoms with Crippen molar-refractivity contribution in [3.63, 3.8) is 0 Å². The van der Waals surface area contributed by atoms with Gasteiger partial charge in [-0.1, -0.05) is 23.7 Å². The first-order valence-corrected chi connectivity index (χ1v) is 8.99. The van der Waals surface area contributed by atoms with Gasteiger partial charge >= 0.3 is 0 Å². The molecule has 2 bridgehead atoms. The summed E-state index contributed by atoms with van der Waals surface area (Å²) in [7, 11) is 5.98. The highest BCUT2D eigenvalue weighted by molar-refractivity contribution is 14.0. The molecule has 2 fully saturated rings. The molecule has 2 N–H and O–H groups in total. The van der Waals surface area contributed by atoms with E-state index in [4.69, 9.17) is 16.3 Å². The van der Waals surface area contributed by atoms with Crippen LogP contribution in [0.2, 0.25) is 5.02 Å². The average molecular weight is 479 g/mol. The number of hydrogen-bond acceptors (Lipinski definition) is 3. The normalized spacial score (nSPS) is 26.4. The Hall–Kier alpha value is -0.570. The van der Waals surface area contributed by atoms with Crippen LogP contribution in [0, 0.1) is 0 Å². The molecular formula is C18H28ClIN4O. The minimum Gasteiger partial charge on any atom is -0.373 e. The second kappa shape index (κ2) is 9.39. The standard InChI is InChI=1S/C18H27ClN4O.HI/c1-20-18(22-15-10-14-8-9-17(15)24-14)21-11-16(23(2)3)12-4-6-13(19)7-5-12;/h4-7,14-17H,8-11H2,1-3H3,(H2,20,21,22);1H. The number of hydrogen-bond donors (Lipinski definition) is 2. The van der Waals surface area contributed by atoms with Crippen molar-refractivity contribution in [3.05, 3.63) is 34.9 Å². The Morgan fingerprint density at radius 2 is 2.04 bits per heavy atom. The molecule has 4 unspecified atom stereocenters. The minimum atomic E-state index is 0. The van der Waals surface area contributed by atoms with Gasteiger partial charge in [-0.05, 0) is 51.1 Å². The monoisotopic (exact) mass is 478 g/mol. The van der Waals surface area contributed by atoms with Crippen LogP contribution in [0.1, 0.15) is 30.9 Å². The Balaban J connectivity index is 0.00000225. The van der Waals surface area contributed by atoms with Crippen LogP contribution in [0.3, 0.4) is 0 Å². The van der Waals surface area contributed by atoms with E-state index in [-0.39, 0.29) is 30.0 Å². The summed E-state index contributed by atoms with van der Waals surface area (Å²) in [6.45, 7) is 0.774. The molecule has 7 heteroatoms. The van der Waals surface area contributed by atoms with Gasteiger partial charge < -0.3 is 20.3 Å². The van der Waals surface area contributed by atoms with Crippen molar-refractivity contribution in [1.82, 2.24) is 15.5 Å². The van der Waals surface area contributed by atoms with E-state index in [1.807, 2.05) is 19.2 Å². The fourth-order valence-electron chi connectivity index (χ4n) is 3.64. The second-order valence-corrected chi connectivity index (χ2v) is 7.28. The number of aliphatic imine (C=N–C) groups is 1. The summed E-state index contributed by atoms with van der Waals surface area (Å²) >= 11 is 6.00.